The summed E-state index contributed by atoms with van der Waals surface area (Å²) >= 11 is 5.84. The van der Waals surface area contributed by atoms with Gasteiger partial charge in [0, 0.05) is 5.02 Å². The number of para-hydroxylation sites is 1. The number of rotatable bonds is 5. The molecule has 1 aromatic heterocycles. The summed E-state index contributed by atoms with van der Waals surface area (Å²) in [6, 6.07) is 16.5. The number of halogens is 1. The molecule has 3 rings (SSSR count). The van der Waals surface area contributed by atoms with Gasteiger partial charge in [0.1, 0.15) is 18.1 Å². The summed E-state index contributed by atoms with van der Waals surface area (Å²) in [7, 11) is 0. The Balaban J connectivity index is 1.87. The van der Waals surface area contributed by atoms with Crippen molar-refractivity contribution < 1.29 is 9.53 Å². The molecule has 2 aromatic carbocycles. The molecule has 0 aliphatic heterocycles. The van der Waals surface area contributed by atoms with E-state index in [-0.39, 0.29) is 12.3 Å². The molecule has 0 fully saturated rings. The SMILES string of the molecule is O=Cc1nnn(-c2ccccc2)c1COc1ccc(Cl)cc1. The molecule has 0 amide bonds. The lowest BCUT2D eigenvalue weighted by atomic mass is 10.3. The van der Waals surface area contributed by atoms with Crippen LogP contribution in [0.25, 0.3) is 5.69 Å². The molecule has 0 unspecified atom stereocenters. The van der Waals surface area contributed by atoms with Crippen molar-refractivity contribution >= 4 is 17.9 Å². The van der Waals surface area contributed by atoms with E-state index in [4.69, 9.17) is 16.3 Å². The molecule has 0 aliphatic carbocycles. The number of nitrogens with zero attached hydrogens (tertiary/aromatic N) is 3. The zero-order chi connectivity index (χ0) is 15.4. The van der Waals surface area contributed by atoms with Crippen molar-refractivity contribution in [1.82, 2.24) is 15.0 Å². The first-order valence-electron chi connectivity index (χ1n) is 6.61. The molecule has 1 heterocycles. The van der Waals surface area contributed by atoms with Crippen molar-refractivity contribution in [3.63, 3.8) is 0 Å². The van der Waals surface area contributed by atoms with Gasteiger partial charge in [-0.15, -0.1) is 5.10 Å². The molecular weight excluding hydrogens is 302 g/mol. The maximum Gasteiger partial charge on any atom is 0.172 e. The van der Waals surface area contributed by atoms with Gasteiger partial charge in [-0.05, 0) is 36.4 Å². The van der Waals surface area contributed by atoms with Gasteiger partial charge in [-0.1, -0.05) is 35.0 Å². The second-order valence-corrected chi connectivity index (χ2v) is 4.97. The van der Waals surface area contributed by atoms with Crippen molar-refractivity contribution in [1.29, 1.82) is 0 Å². The topological polar surface area (TPSA) is 57.0 Å². The minimum absolute atomic E-state index is 0.178. The Bertz CT molecular complexity index is 770. The minimum Gasteiger partial charge on any atom is -0.487 e. The van der Waals surface area contributed by atoms with Gasteiger partial charge in [0.05, 0.1) is 5.69 Å². The fourth-order valence-corrected chi connectivity index (χ4v) is 2.12. The number of ether oxygens (including phenoxy) is 1. The molecule has 0 atom stereocenters. The van der Waals surface area contributed by atoms with E-state index in [1.165, 1.54) is 0 Å². The van der Waals surface area contributed by atoms with Crippen molar-refractivity contribution in [3.05, 3.63) is 71.0 Å². The van der Waals surface area contributed by atoms with Crippen molar-refractivity contribution in [2.24, 2.45) is 0 Å². The fraction of sp³-hybridized carbons (Fsp3) is 0.0625. The summed E-state index contributed by atoms with van der Waals surface area (Å²) in [6.45, 7) is 0.178. The monoisotopic (exact) mass is 313 g/mol. The van der Waals surface area contributed by atoms with Gasteiger partial charge < -0.3 is 4.74 Å². The highest BCUT2D eigenvalue weighted by atomic mass is 35.5. The lowest BCUT2D eigenvalue weighted by Crippen LogP contribution is -2.07. The van der Waals surface area contributed by atoms with Crippen LogP contribution in [0.5, 0.6) is 5.75 Å². The van der Waals surface area contributed by atoms with Crippen LogP contribution in [-0.4, -0.2) is 21.3 Å². The number of carbonyl (C=O) groups excluding carboxylic acids is 1. The zero-order valence-corrected chi connectivity index (χ0v) is 12.3. The Morgan fingerprint density at radius 2 is 1.82 bits per heavy atom. The van der Waals surface area contributed by atoms with Crippen LogP contribution < -0.4 is 4.74 Å². The Morgan fingerprint density at radius 3 is 2.50 bits per heavy atom. The third kappa shape index (κ3) is 2.99. The number of hydrogen-bond donors (Lipinski definition) is 0. The Hall–Kier alpha value is -2.66. The molecule has 0 bridgehead atoms. The molecule has 0 aliphatic rings. The third-order valence-electron chi connectivity index (χ3n) is 3.09. The number of aldehydes is 1. The summed E-state index contributed by atoms with van der Waals surface area (Å²) in [5, 5.41) is 8.54. The van der Waals surface area contributed by atoms with Crippen LogP contribution in [0.1, 0.15) is 16.2 Å². The first kappa shape index (κ1) is 14.3. The highest BCUT2D eigenvalue weighted by molar-refractivity contribution is 6.30. The minimum atomic E-state index is 0.178. The molecule has 0 spiro atoms. The van der Waals surface area contributed by atoms with Crippen LogP contribution in [0.2, 0.25) is 5.02 Å². The quantitative estimate of drug-likeness (QED) is 0.678. The zero-order valence-electron chi connectivity index (χ0n) is 11.5. The highest BCUT2D eigenvalue weighted by Crippen LogP contribution is 2.18. The van der Waals surface area contributed by atoms with Gasteiger partial charge >= 0.3 is 0 Å². The average Bonchev–Trinajstić information content (AvgIpc) is 2.98. The standard InChI is InChI=1S/C16H12ClN3O2/c17-12-6-8-14(9-7-12)22-11-16-15(10-21)18-19-20(16)13-4-2-1-3-5-13/h1-10H,11H2. The van der Waals surface area contributed by atoms with E-state index in [1.807, 2.05) is 30.3 Å². The van der Waals surface area contributed by atoms with Crippen LogP contribution in [0.15, 0.2) is 54.6 Å². The predicted molar refractivity (Wildman–Crippen MR) is 82.5 cm³/mol. The van der Waals surface area contributed by atoms with Crippen molar-refractivity contribution in [2.75, 3.05) is 0 Å². The lowest BCUT2D eigenvalue weighted by molar-refractivity contribution is 0.111. The number of aromatic nitrogens is 3. The molecule has 6 heteroatoms. The lowest BCUT2D eigenvalue weighted by Gasteiger charge is -2.09. The van der Waals surface area contributed by atoms with E-state index < -0.39 is 0 Å². The van der Waals surface area contributed by atoms with Gasteiger partial charge in [0.15, 0.2) is 12.0 Å². The summed E-state index contributed by atoms with van der Waals surface area (Å²) in [6.07, 6.45) is 0.674. The molecular formula is C16H12ClN3O2. The Morgan fingerprint density at radius 1 is 1.09 bits per heavy atom. The van der Waals surface area contributed by atoms with Crippen LogP contribution in [0.4, 0.5) is 0 Å². The molecule has 3 aromatic rings. The number of carbonyl (C=O) groups is 1. The van der Waals surface area contributed by atoms with Gasteiger partial charge in [0.25, 0.3) is 0 Å². The maximum atomic E-state index is 11.1. The van der Waals surface area contributed by atoms with E-state index in [2.05, 4.69) is 10.3 Å². The van der Waals surface area contributed by atoms with Gasteiger partial charge in [-0.2, -0.15) is 0 Å². The second kappa shape index (κ2) is 6.41. The molecule has 110 valence electrons. The smallest absolute Gasteiger partial charge is 0.172 e. The first-order valence-corrected chi connectivity index (χ1v) is 6.99. The molecule has 0 saturated heterocycles. The number of hydrogen-bond acceptors (Lipinski definition) is 4. The largest absolute Gasteiger partial charge is 0.487 e. The summed E-state index contributed by atoms with van der Waals surface area (Å²) in [5.74, 6) is 0.655. The normalized spacial score (nSPS) is 10.4. The Labute approximate surface area is 132 Å². The van der Waals surface area contributed by atoms with Crippen molar-refractivity contribution in [3.8, 4) is 11.4 Å². The first-order chi connectivity index (χ1) is 10.8. The van der Waals surface area contributed by atoms with Gasteiger partial charge in [0.2, 0.25) is 0 Å². The van der Waals surface area contributed by atoms with Crippen LogP contribution in [-0.2, 0) is 6.61 Å². The average molecular weight is 314 g/mol. The van der Waals surface area contributed by atoms with Crippen molar-refractivity contribution in [2.45, 2.75) is 6.61 Å². The van der Waals surface area contributed by atoms with E-state index in [0.717, 1.165) is 5.69 Å². The molecule has 5 nitrogen and oxygen atoms in total. The van der Waals surface area contributed by atoms with E-state index >= 15 is 0 Å². The molecule has 0 saturated carbocycles. The van der Waals surface area contributed by atoms with E-state index in [9.17, 15) is 4.79 Å². The highest BCUT2D eigenvalue weighted by Gasteiger charge is 2.14. The maximum absolute atomic E-state index is 11.1. The predicted octanol–water partition coefficient (Wildman–Crippen LogP) is 3.31. The molecule has 22 heavy (non-hydrogen) atoms. The van der Waals surface area contributed by atoms with Crippen LogP contribution >= 0.6 is 11.6 Å². The molecule has 0 N–H and O–H groups in total. The summed E-state index contributed by atoms with van der Waals surface area (Å²) in [4.78, 5) is 11.1. The van der Waals surface area contributed by atoms with E-state index in [0.29, 0.717) is 22.8 Å². The molecule has 0 radical (unpaired) electrons. The Kier molecular flexibility index (Phi) is 4.16. The summed E-state index contributed by atoms with van der Waals surface area (Å²) < 4.78 is 7.29. The van der Waals surface area contributed by atoms with Crippen LogP contribution in [0, 0.1) is 0 Å². The second-order valence-electron chi connectivity index (χ2n) is 4.53. The summed E-state index contributed by atoms with van der Waals surface area (Å²) in [5.41, 5.74) is 1.67. The van der Waals surface area contributed by atoms with Gasteiger partial charge in [-0.3, -0.25) is 4.79 Å². The van der Waals surface area contributed by atoms with Crippen LogP contribution in [0.3, 0.4) is 0 Å². The number of benzene rings is 2. The third-order valence-corrected chi connectivity index (χ3v) is 3.35. The van der Waals surface area contributed by atoms with E-state index in [1.54, 1.807) is 28.9 Å². The van der Waals surface area contributed by atoms with Gasteiger partial charge in [-0.25, -0.2) is 4.68 Å². The fourth-order valence-electron chi connectivity index (χ4n) is 2.00.